The Kier molecular flexibility index (Phi) is 7.62. The van der Waals surface area contributed by atoms with Crippen LogP contribution in [0.1, 0.15) is 25.3 Å². The maximum Gasteiger partial charge on any atom is 0.336 e. The number of pyridine rings is 1. The minimum Gasteiger partial charge on any atom is -0.461 e. The van der Waals surface area contributed by atoms with Gasteiger partial charge in [0.2, 0.25) is 0 Å². The number of carbonyl (C=O) groups is 1. The van der Waals surface area contributed by atoms with Crippen LogP contribution in [-0.2, 0) is 9.53 Å². The van der Waals surface area contributed by atoms with Crippen LogP contribution < -0.4 is 5.32 Å². The highest BCUT2D eigenvalue weighted by atomic mass is 32.2. The maximum atomic E-state index is 13.1. The third kappa shape index (κ3) is 5.96. The van der Waals surface area contributed by atoms with E-state index in [0.29, 0.717) is 29.2 Å². The number of esters is 1. The van der Waals surface area contributed by atoms with E-state index < -0.39 is 4.92 Å². The number of nitrogens with zero attached hydrogens (tertiary/aromatic N) is 2. The summed E-state index contributed by atoms with van der Waals surface area (Å²) in [6.45, 7) is 4.11. The van der Waals surface area contributed by atoms with Gasteiger partial charge in [0.15, 0.2) is 0 Å². The van der Waals surface area contributed by atoms with Crippen molar-refractivity contribution < 1.29 is 14.5 Å². The standard InChI is InChI=1S/C27H25N3O4S/c1-18-15-24(21-11-12-25(28-17-21)20-7-6-8-22(16-20)30(32)33)26(19(2)29-18)27(31)34-13-14-35-23-9-4-3-5-10-23/h3-12,15-17,24,29H,13-14H2,1-2H3. The minimum atomic E-state index is -0.426. The third-order valence-electron chi connectivity index (χ3n) is 5.56. The Balaban J connectivity index is 1.48. The van der Waals surface area contributed by atoms with Crippen LogP contribution in [-0.4, -0.2) is 28.2 Å². The van der Waals surface area contributed by atoms with Crippen molar-refractivity contribution in [3.63, 3.8) is 0 Å². The van der Waals surface area contributed by atoms with Crippen LogP contribution in [0.25, 0.3) is 11.3 Å². The number of thioether (sulfide) groups is 1. The molecule has 0 saturated heterocycles. The van der Waals surface area contributed by atoms with Crippen molar-refractivity contribution in [2.45, 2.75) is 24.7 Å². The Hall–Kier alpha value is -3.91. The normalized spacial score (nSPS) is 15.3. The molecule has 1 aliphatic heterocycles. The van der Waals surface area contributed by atoms with Gasteiger partial charge in [-0.05, 0) is 37.6 Å². The highest BCUT2D eigenvalue weighted by molar-refractivity contribution is 7.99. The van der Waals surface area contributed by atoms with Gasteiger partial charge in [0.05, 0.1) is 16.2 Å². The lowest BCUT2D eigenvalue weighted by atomic mass is 9.87. The van der Waals surface area contributed by atoms with Crippen molar-refractivity contribution in [1.29, 1.82) is 0 Å². The number of non-ortho nitro benzene ring substituents is 1. The number of nitro groups is 1. The first-order chi connectivity index (χ1) is 16.9. The molecule has 0 spiro atoms. The van der Waals surface area contributed by atoms with Gasteiger partial charge in [-0.3, -0.25) is 15.1 Å². The average molecular weight is 488 g/mol. The van der Waals surface area contributed by atoms with Crippen molar-refractivity contribution in [2.75, 3.05) is 12.4 Å². The van der Waals surface area contributed by atoms with Crippen molar-refractivity contribution in [2.24, 2.45) is 0 Å². The number of benzene rings is 2. The number of nitro benzene ring substituents is 1. The summed E-state index contributed by atoms with van der Waals surface area (Å²) in [4.78, 5) is 29.4. The molecular weight excluding hydrogens is 462 g/mol. The molecule has 35 heavy (non-hydrogen) atoms. The van der Waals surface area contributed by atoms with Gasteiger partial charge >= 0.3 is 5.97 Å². The molecule has 0 radical (unpaired) electrons. The molecule has 0 aliphatic carbocycles. The fraction of sp³-hybridized carbons (Fsp3) is 0.185. The van der Waals surface area contributed by atoms with Crippen LogP contribution in [0.3, 0.4) is 0 Å². The predicted molar refractivity (Wildman–Crippen MR) is 137 cm³/mol. The minimum absolute atomic E-state index is 0.0132. The zero-order chi connectivity index (χ0) is 24.8. The van der Waals surface area contributed by atoms with Crippen molar-refractivity contribution in [3.8, 4) is 11.3 Å². The quantitative estimate of drug-likeness (QED) is 0.140. The first-order valence-corrected chi connectivity index (χ1v) is 12.1. The van der Waals surface area contributed by atoms with Crippen LogP contribution in [0.15, 0.2) is 101 Å². The fourth-order valence-electron chi connectivity index (χ4n) is 3.94. The summed E-state index contributed by atoms with van der Waals surface area (Å²) in [6.07, 6.45) is 3.69. The molecule has 1 aromatic heterocycles. The second kappa shape index (κ2) is 11.0. The smallest absolute Gasteiger partial charge is 0.336 e. The number of aromatic nitrogens is 1. The summed E-state index contributed by atoms with van der Waals surface area (Å²) in [5.74, 6) is -0.00789. The molecule has 0 fully saturated rings. The zero-order valence-corrected chi connectivity index (χ0v) is 20.2. The fourth-order valence-corrected chi connectivity index (χ4v) is 4.69. The summed E-state index contributed by atoms with van der Waals surface area (Å²) in [6, 6.07) is 20.1. The summed E-state index contributed by atoms with van der Waals surface area (Å²) in [7, 11) is 0. The number of carbonyl (C=O) groups excluding carboxylic acids is 1. The van der Waals surface area contributed by atoms with E-state index in [4.69, 9.17) is 4.74 Å². The van der Waals surface area contributed by atoms with Gasteiger partial charge in [-0.25, -0.2) is 4.79 Å². The third-order valence-corrected chi connectivity index (χ3v) is 6.54. The summed E-state index contributed by atoms with van der Waals surface area (Å²) in [5.41, 5.74) is 4.36. The molecule has 2 heterocycles. The van der Waals surface area contributed by atoms with E-state index in [9.17, 15) is 14.9 Å². The zero-order valence-electron chi connectivity index (χ0n) is 19.4. The molecule has 1 aliphatic rings. The molecule has 1 N–H and O–H groups in total. The monoisotopic (exact) mass is 487 g/mol. The number of allylic oxidation sites excluding steroid dienone is 3. The largest absolute Gasteiger partial charge is 0.461 e. The van der Waals surface area contributed by atoms with Crippen LogP contribution in [0.2, 0.25) is 0 Å². The van der Waals surface area contributed by atoms with E-state index in [1.54, 1.807) is 30.1 Å². The van der Waals surface area contributed by atoms with Gasteiger partial charge in [-0.15, -0.1) is 11.8 Å². The van der Waals surface area contributed by atoms with Crippen molar-refractivity contribution in [1.82, 2.24) is 10.3 Å². The molecule has 8 heteroatoms. The second-order valence-corrected chi connectivity index (χ2v) is 9.24. The Bertz CT molecular complexity index is 1290. The summed E-state index contributed by atoms with van der Waals surface area (Å²) >= 11 is 1.64. The first-order valence-electron chi connectivity index (χ1n) is 11.1. The lowest BCUT2D eigenvalue weighted by Crippen LogP contribution is -2.26. The van der Waals surface area contributed by atoms with Crippen LogP contribution in [0.4, 0.5) is 5.69 Å². The number of hydrogen-bond acceptors (Lipinski definition) is 7. The Morgan fingerprint density at radius 2 is 1.91 bits per heavy atom. The van der Waals surface area contributed by atoms with E-state index in [1.807, 2.05) is 62.4 Å². The van der Waals surface area contributed by atoms with E-state index in [1.165, 1.54) is 12.1 Å². The van der Waals surface area contributed by atoms with Gasteiger partial charge in [-0.2, -0.15) is 0 Å². The van der Waals surface area contributed by atoms with Crippen molar-refractivity contribution in [3.05, 3.63) is 112 Å². The average Bonchev–Trinajstić information content (AvgIpc) is 2.87. The van der Waals surface area contributed by atoms with Gasteiger partial charge in [0, 0.05) is 51.9 Å². The second-order valence-electron chi connectivity index (χ2n) is 8.07. The number of hydrogen-bond donors (Lipinski definition) is 1. The van der Waals surface area contributed by atoms with Crippen LogP contribution >= 0.6 is 11.8 Å². The number of dihydropyridines is 1. The molecule has 2 aromatic carbocycles. The molecule has 4 rings (SSSR count). The van der Waals surface area contributed by atoms with Gasteiger partial charge in [0.1, 0.15) is 6.61 Å². The van der Waals surface area contributed by atoms with Gasteiger partial charge in [0.25, 0.3) is 5.69 Å². The first kappa shape index (κ1) is 24.2. The highest BCUT2D eigenvalue weighted by Crippen LogP contribution is 2.33. The molecular formula is C27H25N3O4S. The molecule has 0 bridgehead atoms. The number of rotatable bonds is 8. The summed E-state index contributed by atoms with van der Waals surface area (Å²) < 4.78 is 5.62. The van der Waals surface area contributed by atoms with Gasteiger partial charge < -0.3 is 10.1 Å². The molecule has 178 valence electrons. The van der Waals surface area contributed by atoms with Crippen LogP contribution in [0, 0.1) is 10.1 Å². The van der Waals surface area contributed by atoms with Crippen molar-refractivity contribution >= 4 is 23.4 Å². The Labute approximate surface area is 208 Å². The summed E-state index contributed by atoms with van der Waals surface area (Å²) in [5, 5.41) is 14.3. The SMILES string of the molecule is CC1=CC(c2ccc(-c3cccc([N+](=O)[O-])c3)nc2)C(C(=O)OCCSc2ccccc2)=C(C)N1. The molecule has 1 atom stereocenters. The van der Waals surface area contributed by atoms with E-state index in [0.717, 1.165) is 21.9 Å². The maximum absolute atomic E-state index is 13.1. The molecule has 0 amide bonds. The molecule has 3 aromatic rings. The van der Waals surface area contributed by atoms with E-state index in [-0.39, 0.29) is 17.6 Å². The molecule has 1 unspecified atom stereocenters. The van der Waals surface area contributed by atoms with E-state index in [2.05, 4.69) is 10.3 Å². The molecule has 7 nitrogen and oxygen atoms in total. The van der Waals surface area contributed by atoms with Gasteiger partial charge in [-0.1, -0.05) is 42.5 Å². The lowest BCUT2D eigenvalue weighted by Gasteiger charge is -2.25. The van der Waals surface area contributed by atoms with E-state index >= 15 is 0 Å². The Morgan fingerprint density at radius 1 is 1.11 bits per heavy atom. The lowest BCUT2D eigenvalue weighted by molar-refractivity contribution is -0.384. The number of ether oxygens (including phenoxy) is 1. The number of nitrogens with one attached hydrogen (secondary N) is 1. The van der Waals surface area contributed by atoms with Crippen LogP contribution in [0.5, 0.6) is 0 Å². The topological polar surface area (TPSA) is 94.4 Å². The molecule has 0 saturated carbocycles. The highest BCUT2D eigenvalue weighted by Gasteiger charge is 2.28. The predicted octanol–water partition coefficient (Wildman–Crippen LogP) is 5.86. The Morgan fingerprint density at radius 3 is 2.63 bits per heavy atom.